The molecule has 1 aromatic rings. The van der Waals surface area contributed by atoms with Gasteiger partial charge in [-0.15, -0.1) is 0 Å². The highest BCUT2D eigenvalue weighted by molar-refractivity contribution is 5.77. The van der Waals surface area contributed by atoms with Gasteiger partial charge in [0, 0.05) is 31.6 Å². The average Bonchev–Trinajstić information content (AvgIpc) is 2.46. The molecule has 0 aromatic heterocycles. The number of nitrogens with zero attached hydrogens (tertiary/aromatic N) is 1. The first-order chi connectivity index (χ1) is 9.99. The standard InChI is InChI=1S/C17H26N2O2/c1-12(15-6-5-7-16(9-15)21-4)8-17(20)19-10-13(2)18-14(3)11-19/h5-7,9,12-14,18H,8,10-11H2,1-4H3. The maximum absolute atomic E-state index is 12.5. The zero-order valence-electron chi connectivity index (χ0n) is 13.4. The number of ether oxygens (including phenoxy) is 1. The number of methoxy groups -OCH3 is 1. The molecule has 3 unspecified atom stereocenters. The van der Waals surface area contributed by atoms with Crippen molar-refractivity contribution in [2.75, 3.05) is 20.2 Å². The lowest BCUT2D eigenvalue weighted by molar-refractivity contribution is -0.133. The van der Waals surface area contributed by atoms with Crippen molar-refractivity contribution in [2.45, 2.75) is 45.2 Å². The summed E-state index contributed by atoms with van der Waals surface area (Å²) in [7, 11) is 1.67. The van der Waals surface area contributed by atoms with Crippen LogP contribution in [0.1, 0.15) is 38.7 Å². The van der Waals surface area contributed by atoms with Crippen molar-refractivity contribution >= 4 is 5.91 Å². The molecule has 1 heterocycles. The zero-order valence-corrected chi connectivity index (χ0v) is 13.4. The van der Waals surface area contributed by atoms with Gasteiger partial charge in [-0.25, -0.2) is 0 Å². The quantitative estimate of drug-likeness (QED) is 0.926. The summed E-state index contributed by atoms with van der Waals surface area (Å²) in [5, 5.41) is 3.45. The van der Waals surface area contributed by atoms with Crippen LogP contribution in [0.5, 0.6) is 5.75 Å². The third-order valence-corrected chi connectivity index (χ3v) is 4.05. The fourth-order valence-electron chi connectivity index (χ4n) is 2.99. The summed E-state index contributed by atoms with van der Waals surface area (Å²) in [6.07, 6.45) is 0.548. The summed E-state index contributed by atoms with van der Waals surface area (Å²) in [4.78, 5) is 14.5. The van der Waals surface area contributed by atoms with E-state index in [9.17, 15) is 4.79 Å². The first-order valence-corrected chi connectivity index (χ1v) is 7.67. The van der Waals surface area contributed by atoms with Crippen molar-refractivity contribution in [1.82, 2.24) is 10.2 Å². The van der Waals surface area contributed by atoms with Crippen LogP contribution in [0.2, 0.25) is 0 Å². The molecule has 0 radical (unpaired) electrons. The van der Waals surface area contributed by atoms with Crippen molar-refractivity contribution in [3.05, 3.63) is 29.8 Å². The van der Waals surface area contributed by atoms with Crippen LogP contribution in [0.3, 0.4) is 0 Å². The SMILES string of the molecule is COc1cccc(C(C)CC(=O)N2CC(C)NC(C)C2)c1. The number of hydrogen-bond acceptors (Lipinski definition) is 3. The number of benzene rings is 1. The van der Waals surface area contributed by atoms with Crippen LogP contribution in [0.4, 0.5) is 0 Å². The van der Waals surface area contributed by atoms with Gasteiger partial charge in [0.05, 0.1) is 7.11 Å². The molecule has 0 bridgehead atoms. The molecule has 1 aromatic carbocycles. The molecule has 1 saturated heterocycles. The minimum atomic E-state index is 0.202. The molecule has 116 valence electrons. The molecule has 1 aliphatic heterocycles. The van der Waals surface area contributed by atoms with E-state index in [0.717, 1.165) is 24.4 Å². The Bertz CT molecular complexity index is 479. The van der Waals surface area contributed by atoms with Gasteiger partial charge in [0.25, 0.3) is 0 Å². The van der Waals surface area contributed by atoms with Crippen molar-refractivity contribution in [2.24, 2.45) is 0 Å². The van der Waals surface area contributed by atoms with E-state index in [0.29, 0.717) is 18.5 Å². The van der Waals surface area contributed by atoms with Gasteiger partial charge >= 0.3 is 0 Å². The van der Waals surface area contributed by atoms with E-state index in [1.54, 1.807) is 7.11 Å². The van der Waals surface area contributed by atoms with Gasteiger partial charge in [-0.3, -0.25) is 4.79 Å². The van der Waals surface area contributed by atoms with Gasteiger partial charge < -0.3 is 15.0 Å². The maximum Gasteiger partial charge on any atom is 0.223 e. The Morgan fingerprint density at radius 2 is 2.05 bits per heavy atom. The maximum atomic E-state index is 12.5. The van der Waals surface area contributed by atoms with Gasteiger partial charge in [0.15, 0.2) is 0 Å². The van der Waals surface area contributed by atoms with Gasteiger partial charge in [0.1, 0.15) is 5.75 Å². The highest BCUT2D eigenvalue weighted by Gasteiger charge is 2.25. The Morgan fingerprint density at radius 1 is 1.38 bits per heavy atom. The van der Waals surface area contributed by atoms with Crippen LogP contribution in [-0.4, -0.2) is 43.1 Å². The molecule has 0 spiro atoms. The first kappa shape index (κ1) is 15.8. The lowest BCUT2D eigenvalue weighted by atomic mass is 9.96. The van der Waals surface area contributed by atoms with Gasteiger partial charge in [-0.1, -0.05) is 19.1 Å². The number of nitrogens with one attached hydrogen (secondary N) is 1. The number of carbonyl (C=O) groups is 1. The summed E-state index contributed by atoms with van der Waals surface area (Å²) >= 11 is 0. The van der Waals surface area contributed by atoms with E-state index in [1.165, 1.54) is 0 Å². The number of piperazine rings is 1. The third kappa shape index (κ3) is 4.21. The number of amides is 1. The van der Waals surface area contributed by atoms with Crippen molar-refractivity contribution in [3.8, 4) is 5.75 Å². The van der Waals surface area contributed by atoms with Crippen molar-refractivity contribution < 1.29 is 9.53 Å². The molecule has 0 aliphatic carbocycles. The second-order valence-electron chi connectivity index (χ2n) is 6.15. The molecule has 1 N–H and O–H groups in total. The normalized spacial score (nSPS) is 23.7. The minimum absolute atomic E-state index is 0.202. The Labute approximate surface area is 127 Å². The lowest BCUT2D eigenvalue weighted by Crippen LogP contribution is -2.55. The van der Waals surface area contributed by atoms with Crippen LogP contribution >= 0.6 is 0 Å². The van der Waals surface area contributed by atoms with E-state index in [4.69, 9.17) is 4.74 Å². The van der Waals surface area contributed by atoms with Gasteiger partial charge in [-0.2, -0.15) is 0 Å². The smallest absolute Gasteiger partial charge is 0.223 e. The van der Waals surface area contributed by atoms with Crippen LogP contribution in [0.15, 0.2) is 24.3 Å². The predicted octanol–water partition coefficient (Wildman–Crippen LogP) is 2.40. The van der Waals surface area contributed by atoms with Crippen LogP contribution < -0.4 is 10.1 Å². The Morgan fingerprint density at radius 3 is 2.67 bits per heavy atom. The Kier molecular flexibility index (Phi) is 5.23. The molecule has 4 heteroatoms. The van der Waals surface area contributed by atoms with Crippen molar-refractivity contribution in [1.29, 1.82) is 0 Å². The van der Waals surface area contributed by atoms with Crippen LogP contribution in [0, 0.1) is 0 Å². The predicted molar refractivity (Wildman–Crippen MR) is 84.7 cm³/mol. The molecule has 3 atom stereocenters. The summed E-state index contributed by atoms with van der Waals surface area (Å²) in [6.45, 7) is 7.95. The summed E-state index contributed by atoms with van der Waals surface area (Å²) in [6, 6.07) is 8.71. The topological polar surface area (TPSA) is 41.6 Å². The molecule has 2 rings (SSSR count). The minimum Gasteiger partial charge on any atom is -0.497 e. The third-order valence-electron chi connectivity index (χ3n) is 4.05. The van der Waals surface area contributed by atoms with E-state index in [-0.39, 0.29) is 11.8 Å². The van der Waals surface area contributed by atoms with E-state index in [2.05, 4.69) is 32.2 Å². The fraction of sp³-hybridized carbons (Fsp3) is 0.588. The second-order valence-corrected chi connectivity index (χ2v) is 6.15. The average molecular weight is 290 g/mol. The summed E-state index contributed by atoms with van der Waals surface area (Å²) in [5.74, 6) is 1.29. The molecule has 1 amide bonds. The highest BCUT2D eigenvalue weighted by Crippen LogP contribution is 2.24. The lowest BCUT2D eigenvalue weighted by Gasteiger charge is -2.36. The summed E-state index contributed by atoms with van der Waals surface area (Å²) in [5.41, 5.74) is 1.15. The van der Waals surface area contributed by atoms with E-state index in [1.807, 2.05) is 23.1 Å². The Balaban J connectivity index is 1.98. The van der Waals surface area contributed by atoms with E-state index < -0.39 is 0 Å². The Hall–Kier alpha value is -1.55. The number of rotatable bonds is 4. The van der Waals surface area contributed by atoms with E-state index >= 15 is 0 Å². The van der Waals surface area contributed by atoms with Crippen LogP contribution in [-0.2, 0) is 4.79 Å². The first-order valence-electron chi connectivity index (χ1n) is 7.67. The van der Waals surface area contributed by atoms with Crippen LogP contribution in [0.25, 0.3) is 0 Å². The second kappa shape index (κ2) is 6.94. The number of hydrogen-bond donors (Lipinski definition) is 1. The molecule has 1 aliphatic rings. The van der Waals surface area contributed by atoms with Crippen molar-refractivity contribution in [3.63, 3.8) is 0 Å². The highest BCUT2D eigenvalue weighted by atomic mass is 16.5. The van der Waals surface area contributed by atoms with Gasteiger partial charge in [-0.05, 0) is 37.5 Å². The van der Waals surface area contributed by atoms with Gasteiger partial charge in [0.2, 0.25) is 5.91 Å². The molecule has 0 saturated carbocycles. The zero-order chi connectivity index (χ0) is 15.4. The largest absolute Gasteiger partial charge is 0.497 e. The molecular formula is C17H26N2O2. The molecule has 21 heavy (non-hydrogen) atoms. The monoisotopic (exact) mass is 290 g/mol. The molecular weight excluding hydrogens is 264 g/mol. The molecule has 1 fully saturated rings. The molecule has 4 nitrogen and oxygen atoms in total. The fourth-order valence-corrected chi connectivity index (χ4v) is 2.99. The number of carbonyl (C=O) groups excluding carboxylic acids is 1. The summed E-state index contributed by atoms with van der Waals surface area (Å²) < 4.78 is 5.25.